The highest BCUT2D eigenvalue weighted by atomic mass is 79.9. The highest BCUT2D eigenvalue weighted by Gasteiger charge is 2.19. The molecule has 0 spiro atoms. The molecule has 0 fully saturated rings. The first-order chi connectivity index (χ1) is 5.33. The number of hydrogen-bond acceptors (Lipinski definition) is 0. The molecule has 1 unspecified atom stereocenters. The van der Waals surface area contributed by atoms with E-state index in [1.165, 1.54) is 18.4 Å². The summed E-state index contributed by atoms with van der Waals surface area (Å²) in [6, 6.07) is 0. The zero-order valence-corrected chi connectivity index (χ0v) is 10.4. The molecule has 0 saturated carbocycles. The van der Waals surface area contributed by atoms with E-state index in [1.807, 2.05) is 0 Å². The molecule has 0 rings (SSSR count). The Morgan fingerprint density at radius 2 is 2.00 bits per heavy atom. The Morgan fingerprint density at radius 3 is 2.33 bits per heavy atom. The van der Waals surface area contributed by atoms with Crippen LogP contribution < -0.4 is 0 Å². The molecule has 0 heterocycles. The zero-order chi connectivity index (χ0) is 9.78. The van der Waals surface area contributed by atoms with Gasteiger partial charge in [0.2, 0.25) is 0 Å². The molecule has 0 aliphatic carbocycles. The molecule has 0 radical (unpaired) electrons. The van der Waals surface area contributed by atoms with Gasteiger partial charge in [0, 0.05) is 4.83 Å². The molecular formula is C11H21Br. The van der Waals surface area contributed by atoms with Crippen LogP contribution in [0.2, 0.25) is 0 Å². The quantitative estimate of drug-likeness (QED) is 0.483. The van der Waals surface area contributed by atoms with Crippen LogP contribution in [0.15, 0.2) is 12.2 Å². The van der Waals surface area contributed by atoms with Crippen LogP contribution in [0.3, 0.4) is 0 Å². The molecule has 0 saturated heterocycles. The average Bonchev–Trinajstić information content (AvgIpc) is 1.81. The van der Waals surface area contributed by atoms with Crippen molar-refractivity contribution >= 4 is 15.9 Å². The largest absolute Gasteiger partial charge is 0.100 e. The van der Waals surface area contributed by atoms with Crippen molar-refractivity contribution in [2.75, 3.05) is 0 Å². The van der Waals surface area contributed by atoms with Gasteiger partial charge in [-0.25, -0.2) is 0 Å². The normalized spacial score (nSPS) is 14.4. The molecule has 0 bridgehead atoms. The molecular weight excluding hydrogens is 212 g/mol. The maximum atomic E-state index is 3.93. The van der Waals surface area contributed by atoms with Crippen molar-refractivity contribution in [2.24, 2.45) is 5.41 Å². The molecule has 0 aromatic rings. The summed E-state index contributed by atoms with van der Waals surface area (Å²) in [6.45, 7) is 12.9. The van der Waals surface area contributed by atoms with Crippen LogP contribution in [0.25, 0.3) is 0 Å². The van der Waals surface area contributed by atoms with Gasteiger partial charge in [-0.3, -0.25) is 0 Å². The van der Waals surface area contributed by atoms with E-state index in [-0.39, 0.29) is 0 Å². The van der Waals surface area contributed by atoms with Gasteiger partial charge >= 0.3 is 0 Å². The predicted octanol–water partition coefficient (Wildman–Crippen LogP) is 4.54. The Kier molecular flexibility index (Phi) is 5.15. The molecule has 72 valence electrons. The van der Waals surface area contributed by atoms with Crippen molar-refractivity contribution in [1.82, 2.24) is 0 Å². The molecule has 0 aliphatic heterocycles. The van der Waals surface area contributed by atoms with E-state index in [0.717, 1.165) is 6.42 Å². The van der Waals surface area contributed by atoms with E-state index < -0.39 is 0 Å². The van der Waals surface area contributed by atoms with Crippen molar-refractivity contribution in [3.05, 3.63) is 12.2 Å². The fourth-order valence-electron chi connectivity index (χ4n) is 1.42. The zero-order valence-electron chi connectivity index (χ0n) is 8.78. The van der Waals surface area contributed by atoms with Gasteiger partial charge in [0.05, 0.1) is 0 Å². The first-order valence-electron chi connectivity index (χ1n) is 4.62. The summed E-state index contributed by atoms with van der Waals surface area (Å²) >= 11 is 3.59. The highest BCUT2D eigenvalue weighted by Crippen LogP contribution is 2.31. The summed E-state index contributed by atoms with van der Waals surface area (Å²) in [7, 11) is 0. The molecule has 0 amide bonds. The highest BCUT2D eigenvalue weighted by molar-refractivity contribution is 9.09. The van der Waals surface area contributed by atoms with E-state index in [0.29, 0.717) is 10.2 Å². The third-order valence-corrected chi connectivity index (χ3v) is 2.39. The van der Waals surface area contributed by atoms with Crippen molar-refractivity contribution in [3.63, 3.8) is 0 Å². The van der Waals surface area contributed by atoms with Crippen LogP contribution in [0.1, 0.15) is 47.0 Å². The standard InChI is InChI=1S/C11H21Br/c1-9(2)6-7-11(4,5)8-10(3)12/h10H,1,6-8H2,2-5H3. The lowest BCUT2D eigenvalue weighted by Crippen LogP contribution is -2.15. The number of alkyl halides is 1. The van der Waals surface area contributed by atoms with E-state index in [9.17, 15) is 0 Å². The summed E-state index contributed by atoms with van der Waals surface area (Å²) in [5.74, 6) is 0. The smallest absolute Gasteiger partial charge is 0.0122 e. The summed E-state index contributed by atoms with van der Waals surface area (Å²) in [6.07, 6.45) is 3.64. The molecule has 12 heavy (non-hydrogen) atoms. The average molecular weight is 233 g/mol. The van der Waals surface area contributed by atoms with Crippen LogP contribution in [0.4, 0.5) is 0 Å². The minimum absolute atomic E-state index is 0.446. The van der Waals surface area contributed by atoms with Crippen molar-refractivity contribution < 1.29 is 0 Å². The Bertz CT molecular complexity index is 145. The lowest BCUT2D eigenvalue weighted by atomic mass is 9.82. The monoisotopic (exact) mass is 232 g/mol. The van der Waals surface area contributed by atoms with Gasteiger partial charge in [-0.05, 0) is 31.6 Å². The van der Waals surface area contributed by atoms with Gasteiger partial charge in [-0.1, -0.05) is 42.3 Å². The predicted molar refractivity (Wildman–Crippen MR) is 60.8 cm³/mol. The van der Waals surface area contributed by atoms with E-state index >= 15 is 0 Å². The Hall–Kier alpha value is 0.220. The Labute approximate surface area is 85.6 Å². The number of rotatable bonds is 5. The Balaban J connectivity index is 3.78. The number of allylic oxidation sites excluding steroid dienone is 1. The third-order valence-electron chi connectivity index (χ3n) is 2.06. The first kappa shape index (κ1) is 12.2. The number of hydrogen-bond donors (Lipinski definition) is 0. The Morgan fingerprint density at radius 1 is 1.50 bits per heavy atom. The minimum atomic E-state index is 0.446. The molecule has 1 atom stereocenters. The molecule has 0 aromatic carbocycles. The molecule has 0 nitrogen and oxygen atoms in total. The topological polar surface area (TPSA) is 0 Å². The van der Waals surface area contributed by atoms with Gasteiger partial charge in [-0.15, -0.1) is 6.58 Å². The SMILES string of the molecule is C=C(C)CCC(C)(C)CC(C)Br. The first-order valence-corrected chi connectivity index (χ1v) is 5.53. The molecule has 0 N–H and O–H groups in total. The van der Waals surface area contributed by atoms with Crippen LogP contribution in [0, 0.1) is 5.41 Å². The maximum Gasteiger partial charge on any atom is 0.0122 e. The van der Waals surface area contributed by atoms with Gasteiger partial charge in [0.1, 0.15) is 0 Å². The summed E-state index contributed by atoms with van der Waals surface area (Å²) < 4.78 is 0. The molecule has 1 heteroatoms. The second-order valence-electron chi connectivity index (χ2n) is 4.61. The summed E-state index contributed by atoms with van der Waals surface area (Å²) in [5.41, 5.74) is 1.74. The second kappa shape index (κ2) is 5.06. The third kappa shape index (κ3) is 6.90. The van der Waals surface area contributed by atoms with E-state index in [4.69, 9.17) is 0 Å². The van der Waals surface area contributed by atoms with E-state index in [1.54, 1.807) is 0 Å². The summed E-state index contributed by atoms with van der Waals surface area (Å²) in [5, 5.41) is 0. The number of halogens is 1. The minimum Gasteiger partial charge on any atom is -0.100 e. The van der Waals surface area contributed by atoms with Crippen LogP contribution in [-0.2, 0) is 0 Å². The van der Waals surface area contributed by atoms with Crippen LogP contribution in [-0.4, -0.2) is 4.83 Å². The lowest BCUT2D eigenvalue weighted by Gasteiger charge is -2.26. The van der Waals surface area contributed by atoms with Crippen LogP contribution >= 0.6 is 15.9 Å². The van der Waals surface area contributed by atoms with E-state index in [2.05, 4.69) is 50.2 Å². The van der Waals surface area contributed by atoms with Gasteiger partial charge in [0.25, 0.3) is 0 Å². The van der Waals surface area contributed by atoms with Gasteiger partial charge in [0.15, 0.2) is 0 Å². The second-order valence-corrected chi connectivity index (χ2v) is 6.17. The summed E-state index contributed by atoms with van der Waals surface area (Å²) in [4.78, 5) is 0.623. The van der Waals surface area contributed by atoms with Crippen molar-refractivity contribution in [1.29, 1.82) is 0 Å². The lowest BCUT2D eigenvalue weighted by molar-refractivity contribution is 0.310. The van der Waals surface area contributed by atoms with Gasteiger partial charge in [-0.2, -0.15) is 0 Å². The molecule has 0 aliphatic rings. The fourth-order valence-corrected chi connectivity index (χ4v) is 2.29. The van der Waals surface area contributed by atoms with Crippen LogP contribution in [0.5, 0.6) is 0 Å². The fraction of sp³-hybridized carbons (Fsp3) is 0.818. The maximum absolute atomic E-state index is 3.93. The van der Waals surface area contributed by atoms with Crippen molar-refractivity contribution in [3.8, 4) is 0 Å². The van der Waals surface area contributed by atoms with Crippen molar-refractivity contribution in [2.45, 2.75) is 51.8 Å². The molecule has 0 aromatic heterocycles. The van der Waals surface area contributed by atoms with Gasteiger partial charge < -0.3 is 0 Å².